The molecule has 1 aliphatic rings. The van der Waals surface area contributed by atoms with Crippen molar-refractivity contribution in [2.75, 3.05) is 18.6 Å². The van der Waals surface area contributed by atoms with Crippen molar-refractivity contribution in [3.8, 4) is 5.88 Å². The van der Waals surface area contributed by atoms with E-state index >= 15 is 0 Å². The molecule has 0 amide bonds. The maximum Gasteiger partial charge on any atom is 0.228 e. The minimum atomic E-state index is -0.802. The van der Waals surface area contributed by atoms with Crippen molar-refractivity contribution in [2.24, 2.45) is 7.05 Å². The molecule has 9 nitrogen and oxygen atoms in total. The number of anilines is 1. The Hall–Kier alpha value is -2.94. The van der Waals surface area contributed by atoms with Gasteiger partial charge in [0.15, 0.2) is 0 Å². The van der Waals surface area contributed by atoms with Gasteiger partial charge in [-0.05, 0) is 18.6 Å². The molecule has 1 N–H and O–H groups in total. The van der Waals surface area contributed by atoms with Crippen molar-refractivity contribution in [1.29, 1.82) is 0 Å². The molecule has 4 heterocycles. The second-order valence-corrected chi connectivity index (χ2v) is 6.24. The van der Waals surface area contributed by atoms with Crippen molar-refractivity contribution >= 4 is 5.95 Å². The highest BCUT2D eigenvalue weighted by atomic mass is 16.5. The van der Waals surface area contributed by atoms with Crippen LogP contribution in [-0.2, 0) is 20.1 Å². The second kappa shape index (κ2) is 6.75. The van der Waals surface area contributed by atoms with Gasteiger partial charge in [0, 0.05) is 38.6 Å². The molecule has 9 heteroatoms. The van der Waals surface area contributed by atoms with E-state index < -0.39 is 6.10 Å². The maximum atomic E-state index is 10.6. The number of rotatable bonds is 4. The lowest BCUT2D eigenvalue weighted by atomic mass is 10.2. The first-order chi connectivity index (χ1) is 12.7. The summed E-state index contributed by atoms with van der Waals surface area (Å²) in [7, 11) is 3.40. The number of hydrogen-bond donors (Lipinski definition) is 1. The van der Waals surface area contributed by atoms with E-state index in [1.165, 1.54) is 0 Å². The highest BCUT2D eigenvalue weighted by Gasteiger charge is 2.23. The fraction of sp³-hybridized carbons (Fsp3) is 0.412. The second-order valence-electron chi connectivity index (χ2n) is 6.24. The summed E-state index contributed by atoms with van der Waals surface area (Å²) in [6.45, 7) is 2.24. The summed E-state index contributed by atoms with van der Waals surface area (Å²) in [6.07, 6.45) is 3.47. The Morgan fingerprint density at radius 2 is 2.12 bits per heavy atom. The Morgan fingerprint density at radius 3 is 2.88 bits per heavy atom. The van der Waals surface area contributed by atoms with Crippen LogP contribution in [0.3, 0.4) is 0 Å². The molecule has 4 rings (SSSR count). The molecule has 0 saturated heterocycles. The molecule has 1 atom stereocenters. The lowest BCUT2D eigenvalue weighted by Crippen LogP contribution is -2.24. The fourth-order valence-electron chi connectivity index (χ4n) is 3.19. The van der Waals surface area contributed by atoms with Crippen LogP contribution in [0.15, 0.2) is 30.6 Å². The Balaban J connectivity index is 1.60. The Morgan fingerprint density at radius 1 is 1.23 bits per heavy atom. The first-order valence-corrected chi connectivity index (χ1v) is 8.50. The number of aliphatic hydroxyl groups is 1. The Bertz CT molecular complexity index is 904. The van der Waals surface area contributed by atoms with E-state index in [9.17, 15) is 5.11 Å². The number of ether oxygens (including phenoxy) is 1. The largest absolute Gasteiger partial charge is 0.481 e. The molecular weight excluding hydrogens is 334 g/mol. The number of methoxy groups -OCH3 is 1. The molecule has 0 fully saturated rings. The van der Waals surface area contributed by atoms with Crippen LogP contribution in [0.4, 0.5) is 5.95 Å². The van der Waals surface area contributed by atoms with Gasteiger partial charge in [-0.25, -0.2) is 4.98 Å². The van der Waals surface area contributed by atoms with Gasteiger partial charge in [0.2, 0.25) is 11.8 Å². The average Bonchev–Trinajstić information content (AvgIpc) is 3.21. The van der Waals surface area contributed by atoms with E-state index in [0.29, 0.717) is 29.8 Å². The quantitative estimate of drug-likeness (QED) is 0.743. The molecule has 0 bridgehead atoms. The number of aliphatic hydroxyl groups excluding tert-OH is 1. The summed E-state index contributed by atoms with van der Waals surface area (Å²) in [5.74, 6) is 1.17. The van der Waals surface area contributed by atoms with Crippen molar-refractivity contribution in [1.82, 2.24) is 29.5 Å². The number of aryl methyl sites for hydroxylation is 2. The van der Waals surface area contributed by atoms with Crippen LogP contribution in [0.25, 0.3) is 0 Å². The fourth-order valence-corrected chi connectivity index (χ4v) is 3.19. The third-order valence-corrected chi connectivity index (χ3v) is 4.56. The van der Waals surface area contributed by atoms with Gasteiger partial charge in [-0.2, -0.15) is 15.2 Å². The van der Waals surface area contributed by atoms with Crippen molar-refractivity contribution < 1.29 is 9.84 Å². The SMILES string of the molecule is COc1ccnc(N2CCCn3nc([C@H](O)c4ccnn4C)cc3C2)n1. The van der Waals surface area contributed by atoms with Gasteiger partial charge in [0.05, 0.1) is 30.7 Å². The normalized spacial score (nSPS) is 15.4. The minimum absolute atomic E-state index is 0.542. The van der Waals surface area contributed by atoms with Crippen LogP contribution in [0.1, 0.15) is 29.6 Å². The average molecular weight is 355 g/mol. The van der Waals surface area contributed by atoms with Crippen LogP contribution in [0.2, 0.25) is 0 Å². The predicted octanol–water partition coefficient (Wildman–Crippen LogP) is 0.907. The molecule has 26 heavy (non-hydrogen) atoms. The summed E-state index contributed by atoms with van der Waals surface area (Å²) < 4.78 is 8.81. The smallest absolute Gasteiger partial charge is 0.228 e. The molecule has 1 aliphatic heterocycles. The first kappa shape index (κ1) is 16.5. The molecule has 0 aromatic carbocycles. The molecule has 0 unspecified atom stereocenters. The third kappa shape index (κ3) is 3.01. The zero-order chi connectivity index (χ0) is 18.1. The number of nitrogens with zero attached hydrogens (tertiary/aromatic N) is 7. The Labute approximate surface area is 150 Å². The predicted molar refractivity (Wildman–Crippen MR) is 93.7 cm³/mol. The summed E-state index contributed by atoms with van der Waals surface area (Å²) in [5, 5.41) is 19.4. The highest BCUT2D eigenvalue weighted by molar-refractivity contribution is 5.34. The molecular formula is C17H21N7O2. The molecule has 0 saturated carbocycles. The van der Waals surface area contributed by atoms with Gasteiger partial charge in [0.25, 0.3) is 0 Å². The summed E-state index contributed by atoms with van der Waals surface area (Å²) in [6, 6.07) is 5.47. The van der Waals surface area contributed by atoms with E-state index in [1.807, 2.05) is 10.7 Å². The van der Waals surface area contributed by atoms with E-state index in [1.54, 1.807) is 43.4 Å². The molecule has 3 aromatic rings. The lowest BCUT2D eigenvalue weighted by Gasteiger charge is -2.19. The van der Waals surface area contributed by atoms with Gasteiger partial charge in [-0.1, -0.05) is 0 Å². The molecule has 136 valence electrons. The van der Waals surface area contributed by atoms with Gasteiger partial charge in [0.1, 0.15) is 6.10 Å². The summed E-state index contributed by atoms with van der Waals surface area (Å²) >= 11 is 0. The van der Waals surface area contributed by atoms with Gasteiger partial charge in [-0.15, -0.1) is 0 Å². The third-order valence-electron chi connectivity index (χ3n) is 4.56. The zero-order valence-corrected chi connectivity index (χ0v) is 14.8. The van der Waals surface area contributed by atoms with Crippen molar-refractivity contribution in [2.45, 2.75) is 25.6 Å². The van der Waals surface area contributed by atoms with Crippen LogP contribution in [0, 0.1) is 0 Å². The monoisotopic (exact) mass is 355 g/mol. The minimum Gasteiger partial charge on any atom is -0.481 e. The topological polar surface area (TPSA) is 94.1 Å². The lowest BCUT2D eigenvalue weighted by molar-refractivity contribution is 0.203. The zero-order valence-electron chi connectivity index (χ0n) is 14.8. The van der Waals surface area contributed by atoms with E-state index in [-0.39, 0.29) is 0 Å². The van der Waals surface area contributed by atoms with Crippen LogP contribution in [0.5, 0.6) is 5.88 Å². The molecule has 0 aliphatic carbocycles. The molecule has 0 spiro atoms. The molecule has 3 aromatic heterocycles. The Kier molecular flexibility index (Phi) is 4.29. The number of fused-ring (bicyclic) bond motifs is 1. The number of aromatic nitrogens is 6. The maximum absolute atomic E-state index is 10.6. The van der Waals surface area contributed by atoms with Crippen LogP contribution >= 0.6 is 0 Å². The summed E-state index contributed by atoms with van der Waals surface area (Å²) in [4.78, 5) is 10.9. The molecule has 0 radical (unpaired) electrons. The first-order valence-electron chi connectivity index (χ1n) is 8.50. The standard InChI is InChI=1S/C17H21N7O2/c1-22-14(4-7-19-22)16(25)13-10-12-11-23(8-3-9-24(12)21-13)17-18-6-5-15(20-17)26-2/h4-7,10,16,25H,3,8-9,11H2,1-2H3/t16-/m0/s1. The van der Waals surface area contributed by atoms with E-state index in [4.69, 9.17) is 4.74 Å². The van der Waals surface area contributed by atoms with Gasteiger partial charge in [-0.3, -0.25) is 9.36 Å². The van der Waals surface area contributed by atoms with Crippen molar-refractivity contribution in [3.05, 3.63) is 47.7 Å². The van der Waals surface area contributed by atoms with Crippen LogP contribution < -0.4 is 9.64 Å². The van der Waals surface area contributed by atoms with E-state index in [2.05, 4.69) is 25.1 Å². The highest BCUT2D eigenvalue weighted by Crippen LogP contribution is 2.24. The number of hydrogen-bond acceptors (Lipinski definition) is 7. The van der Waals surface area contributed by atoms with Gasteiger partial charge < -0.3 is 14.7 Å². The van der Waals surface area contributed by atoms with Crippen LogP contribution in [-0.4, -0.2) is 48.3 Å². The van der Waals surface area contributed by atoms with E-state index in [0.717, 1.165) is 25.2 Å². The van der Waals surface area contributed by atoms with Crippen molar-refractivity contribution in [3.63, 3.8) is 0 Å². The van der Waals surface area contributed by atoms with Gasteiger partial charge >= 0.3 is 0 Å². The summed E-state index contributed by atoms with van der Waals surface area (Å²) in [5.41, 5.74) is 2.35.